The van der Waals surface area contributed by atoms with Crippen LogP contribution in [0, 0.1) is 5.92 Å². The van der Waals surface area contributed by atoms with E-state index in [4.69, 9.17) is 5.73 Å². The van der Waals surface area contributed by atoms with Gasteiger partial charge in [-0.15, -0.1) is 0 Å². The molecule has 98 valence electrons. The molecule has 1 atom stereocenters. The van der Waals surface area contributed by atoms with Gasteiger partial charge < -0.3 is 11.1 Å². The molecule has 1 unspecified atom stereocenters. The van der Waals surface area contributed by atoms with Gasteiger partial charge in [0.1, 0.15) is 0 Å². The average Bonchev–Trinajstić information content (AvgIpc) is 2.63. The number of nitrogens with two attached hydrogens (primary N) is 1. The van der Waals surface area contributed by atoms with Crippen molar-refractivity contribution < 1.29 is 13.2 Å². The summed E-state index contributed by atoms with van der Waals surface area (Å²) in [7, 11) is -3.05. The minimum atomic E-state index is -3.05. The smallest absolute Gasteiger partial charge is 0.228 e. The van der Waals surface area contributed by atoms with Crippen molar-refractivity contribution in [3.63, 3.8) is 0 Å². The van der Waals surface area contributed by atoms with Gasteiger partial charge in [-0.05, 0) is 24.6 Å². The predicted octanol–water partition coefficient (Wildman–Crippen LogP) is 1.40. The van der Waals surface area contributed by atoms with Crippen molar-refractivity contribution in [2.75, 3.05) is 22.6 Å². The molecule has 2 rings (SSSR count). The second-order valence-corrected chi connectivity index (χ2v) is 7.47. The Labute approximate surface area is 114 Å². The fraction of sp³-hybridized carbons (Fsp3) is 0.364. The number of anilines is 2. The van der Waals surface area contributed by atoms with Crippen LogP contribution < -0.4 is 11.1 Å². The van der Waals surface area contributed by atoms with Crippen LogP contribution in [-0.2, 0) is 14.6 Å². The van der Waals surface area contributed by atoms with Crippen LogP contribution in [0.5, 0.6) is 0 Å². The van der Waals surface area contributed by atoms with Gasteiger partial charge in [-0.2, -0.15) is 0 Å². The van der Waals surface area contributed by atoms with E-state index >= 15 is 0 Å². The molecule has 7 heteroatoms. The van der Waals surface area contributed by atoms with Crippen LogP contribution in [0.4, 0.5) is 11.4 Å². The van der Waals surface area contributed by atoms with E-state index in [2.05, 4.69) is 21.2 Å². The Balaban J connectivity index is 2.08. The Bertz CT molecular complexity index is 586. The van der Waals surface area contributed by atoms with Crippen LogP contribution in [0.15, 0.2) is 22.7 Å². The van der Waals surface area contributed by atoms with Crippen molar-refractivity contribution in [1.29, 1.82) is 0 Å². The largest absolute Gasteiger partial charge is 0.397 e. The molecular weight excluding hydrogens is 320 g/mol. The summed E-state index contributed by atoms with van der Waals surface area (Å²) in [5.74, 6) is -0.751. The molecule has 0 radical (unpaired) electrons. The summed E-state index contributed by atoms with van der Waals surface area (Å²) in [5, 5.41) is 2.67. The Kier molecular flexibility index (Phi) is 3.63. The Morgan fingerprint density at radius 3 is 2.72 bits per heavy atom. The zero-order valence-corrected chi connectivity index (χ0v) is 11.9. The Hall–Kier alpha value is -1.08. The highest BCUT2D eigenvalue weighted by atomic mass is 79.9. The molecule has 0 saturated carbocycles. The van der Waals surface area contributed by atoms with Gasteiger partial charge in [0.2, 0.25) is 5.91 Å². The molecule has 0 bridgehead atoms. The zero-order valence-electron chi connectivity index (χ0n) is 9.52. The first kappa shape index (κ1) is 13.4. The number of hydrogen-bond donors (Lipinski definition) is 2. The minimum Gasteiger partial charge on any atom is -0.397 e. The average molecular weight is 333 g/mol. The molecule has 1 aliphatic rings. The second kappa shape index (κ2) is 4.89. The van der Waals surface area contributed by atoms with Gasteiger partial charge >= 0.3 is 0 Å². The van der Waals surface area contributed by atoms with E-state index in [0.717, 1.165) is 4.47 Å². The van der Waals surface area contributed by atoms with Crippen molar-refractivity contribution >= 4 is 43.0 Å². The number of hydrogen-bond acceptors (Lipinski definition) is 4. The number of sulfone groups is 1. The predicted molar refractivity (Wildman–Crippen MR) is 73.9 cm³/mol. The van der Waals surface area contributed by atoms with Gasteiger partial charge in [0.25, 0.3) is 0 Å². The van der Waals surface area contributed by atoms with E-state index in [-0.39, 0.29) is 17.4 Å². The maximum Gasteiger partial charge on any atom is 0.228 e. The lowest BCUT2D eigenvalue weighted by Crippen LogP contribution is -2.24. The minimum absolute atomic E-state index is 0.0741. The summed E-state index contributed by atoms with van der Waals surface area (Å²) in [6, 6.07) is 5.12. The van der Waals surface area contributed by atoms with Crippen molar-refractivity contribution in [3.8, 4) is 0 Å². The van der Waals surface area contributed by atoms with E-state index in [9.17, 15) is 13.2 Å². The molecule has 1 fully saturated rings. The zero-order chi connectivity index (χ0) is 13.3. The number of carbonyl (C=O) groups is 1. The van der Waals surface area contributed by atoms with Crippen LogP contribution in [0.3, 0.4) is 0 Å². The van der Waals surface area contributed by atoms with E-state index < -0.39 is 15.8 Å². The third kappa shape index (κ3) is 3.02. The third-order valence-electron chi connectivity index (χ3n) is 2.87. The fourth-order valence-electron chi connectivity index (χ4n) is 1.88. The number of nitrogens with one attached hydrogen (secondary N) is 1. The molecule has 0 aliphatic carbocycles. The first-order valence-electron chi connectivity index (χ1n) is 5.44. The van der Waals surface area contributed by atoms with Gasteiger partial charge in [-0.3, -0.25) is 4.79 Å². The molecule has 0 aromatic heterocycles. The standard InChI is InChI=1S/C11H13BrN2O3S/c12-8-1-2-10(9(13)5-8)14-11(15)7-3-4-18(16,17)6-7/h1-2,5,7H,3-4,6,13H2,(H,14,15). The molecule has 5 nitrogen and oxygen atoms in total. The molecule has 18 heavy (non-hydrogen) atoms. The molecule has 1 heterocycles. The SMILES string of the molecule is Nc1cc(Br)ccc1NC(=O)C1CCS(=O)(=O)C1. The summed E-state index contributed by atoms with van der Waals surface area (Å²) in [6.07, 6.45) is 0.380. The van der Waals surface area contributed by atoms with Crippen LogP contribution in [-0.4, -0.2) is 25.8 Å². The topological polar surface area (TPSA) is 89.3 Å². The molecule has 1 saturated heterocycles. The summed E-state index contributed by atoms with van der Waals surface area (Å²) >= 11 is 3.27. The highest BCUT2D eigenvalue weighted by Gasteiger charge is 2.33. The van der Waals surface area contributed by atoms with Crippen LogP contribution in [0.2, 0.25) is 0 Å². The normalized spacial score (nSPS) is 21.7. The van der Waals surface area contributed by atoms with E-state index in [0.29, 0.717) is 17.8 Å². The number of carbonyl (C=O) groups excluding carboxylic acids is 1. The Morgan fingerprint density at radius 1 is 1.44 bits per heavy atom. The Morgan fingerprint density at radius 2 is 2.17 bits per heavy atom. The maximum absolute atomic E-state index is 11.9. The maximum atomic E-state index is 11.9. The van der Waals surface area contributed by atoms with Crippen LogP contribution >= 0.6 is 15.9 Å². The number of benzene rings is 1. The van der Waals surface area contributed by atoms with Gasteiger partial charge in [0.15, 0.2) is 9.84 Å². The summed E-state index contributed by atoms with van der Waals surface area (Å²) < 4.78 is 23.4. The quantitative estimate of drug-likeness (QED) is 0.801. The molecule has 1 amide bonds. The number of amides is 1. The molecule has 1 aliphatic heterocycles. The van der Waals surface area contributed by atoms with Gasteiger partial charge in [0, 0.05) is 4.47 Å². The third-order valence-corrected chi connectivity index (χ3v) is 5.14. The molecule has 3 N–H and O–H groups in total. The van der Waals surface area contributed by atoms with E-state index in [1.54, 1.807) is 18.2 Å². The van der Waals surface area contributed by atoms with Crippen LogP contribution in [0.1, 0.15) is 6.42 Å². The van der Waals surface area contributed by atoms with E-state index in [1.165, 1.54) is 0 Å². The van der Waals surface area contributed by atoms with Crippen molar-refractivity contribution in [3.05, 3.63) is 22.7 Å². The first-order chi connectivity index (χ1) is 8.37. The van der Waals surface area contributed by atoms with Crippen molar-refractivity contribution in [2.24, 2.45) is 5.92 Å². The molecule has 1 aromatic rings. The monoisotopic (exact) mass is 332 g/mol. The summed E-state index contributed by atoms with van der Waals surface area (Å²) in [5.41, 5.74) is 6.71. The summed E-state index contributed by atoms with van der Waals surface area (Å²) in [4.78, 5) is 11.9. The molecular formula is C11H13BrN2O3S. The first-order valence-corrected chi connectivity index (χ1v) is 8.05. The van der Waals surface area contributed by atoms with E-state index in [1.807, 2.05) is 0 Å². The van der Waals surface area contributed by atoms with Gasteiger partial charge in [-0.25, -0.2) is 8.42 Å². The second-order valence-electron chi connectivity index (χ2n) is 4.32. The molecule has 0 spiro atoms. The lowest BCUT2D eigenvalue weighted by Gasteiger charge is -2.11. The highest BCUT2D eigenvalue weighted by Crippen LogP contribution is 2.25. The van der Waals surface area contributed by atoms with Crippen LogP contribution in [0.25, 0.3) is 0 Å². The molecule has 1 aromatic carbocycles. The lowest BCUT2D eigenvalue weighted by atomic mass is 10.1. The van der Waals surface area contributed by atoms with Crippen molar-refractivity contribution in [2.45, 2.75) is 6.42 Å². The number of halogens is 1. The van der Waals surface area contributed by atoms with Gasteiger partial charge in [0.05, 0.1) is 28.8 Å². The van der Waals surface area contributed by atoms with Gasteiger partial charge in [-0.1, -0.05) is 15.9 Å². The summed E-state index contributed by atoms with van der Waals surface area (Å²) in [6.45, 7) is 0. The number of nitrogen functional groups attached to an aromatic ring is 1. The highest BCUT2D eigenvalue weighted by molar-refractivity contribution is 9.10. The number of rotatable bonds is 2. The van der Waals surface area contributed by atoms with Crippen molar-refractivity contribution in [1.82, 2.24) is 0 Å². The fourth-order valence-corrected chi connectivity index (χ4v) is 4.00. The lowest BCUT2D eigenvalue weighted by molar-refractivity contribution is -0.119.